The normalized spacial score (nSPS) is 12.0. The average Bonchev–Trinajstić information content (AvgIpc) is 3.37. The van der Waals surface area contributed by atoms with Gasteiger partial charge >= 0.3 is 0 Å². The van der Waals surface area contributed by atoms with Crippen molar-refractivity contribution in [3.05, 3.63) is 0 Å². The Bertz CT molecular complexity index is 790. The summed E-state index contributed by atoms with van der Waals surface area (Å²) < 4.78 is 1.49. The Kier molecular flexibility index (Phi) is 63.2. The van der Waals surface area contributed by atoms with E-state index in [-0.39, 0.29) is 0 Å². The first-order valence-corrected chi connectivity index (χ1v) is 34.6. The van der Waals surface area contributed by atoms with Crippen LogP contribution >= 0.6 is 0 Å². The fourth-order valence-electron chi connectivity index (χ4n) is 12.1. The fourth-order valence-corrected chi connectivity index (χ4v) is 12.1. The topological polar surface area (TPSA) is 0 Å². The predicted octanol–water partition coefficient (Wildman–Crippen LogP) is 25.7. The summed E-state index contributed by atoms with van der Waals surface area (Å²) >= 11 is 0. The van der Waals surface area contributed by atoms with Crippen LogP contribution < -0.4 is 0 Å². The van der Waals surface area contributed by atoms with Crippen molar-refractivity contribution in [1.29, 1.82) is 0 Å². The molecule has 0 radical (unpaired) electrons. The molecular weight excluding hydrogens is 843 g/mol. The van der Waals surface area contributed by atoms with Gasteiger partial charge in [0.15, 0.2) is 0 Å². The largest absolute Gasteiger partial charge is 0.324 e. The van der Waals surface area contributed by atoms with Crippen molar-refractivity contribution in [2.75, 3.05) is 26.2 Å². The Morgan fingerprint density at radius 1 is 0.114 bits per heavy atom. The lowest BCUT2D eigenvalue weighted by molar-refractivity contribution is -0.929. The predicted molar refractivity (Wildman–Crippen MR) is 324 cm³/mol. The molecule has 0 aromatic rings. The zero-order valence-corrected chi connectivity index (χ0v) is 50.4. The van der Waals surface area contributed by atoms with Gasteiger partial charge in [0.25, 0.3) is 0 Å². The summed E-state index contributed by atoms with van der Waals surface area (Å²) in [6.45, 7) is 15.3. The summed E-state index contributed by atoms with van der Waals surface area (Å²) in [6.07, 6.45) is 90.2. The van der Waals surface area contributed by atoms with Crippen molar-refractivity contribution in [2.24, 2.45) is 0 Å². The molecule has 0 saturated carbocycles. The van der Waals surface area contributed by atoms with Gasteiger partial charge in [-0.1, -0.05) is 368 Å². The van der Waals surface area contributed by atoms with Gasteiger partial charge < -0.3 is 4.48 Å². The lowest BCUT2D eigenvalue weighted by atomic mass is 10.0. The third-order valence-corrected chi connectivity index (χ3v) is 17.2. The number of hydrogen-bond donors (Lipinski definition) is 0. The monoisotopic (exact) mass is 985 g/mol. The minimum atomic E-state index is 1.37. The third kappa shape index (κ3) is 57.2. The van der Waals surface area contributed by atoms with Gasteiger partial charge in [-0.25, -0.2) is 0 Å². The molecule has 0 aliphatic heterocycles. The van der Waals surface area contributed by atoms with Crippen LogP contribution in [-0.2, 0) is 0 Å². The fraction of sp³-hybridized carbons (Fsp3) is 1.00. The smallest absolute Gasteiger partial charge is 0.0786 e. The molecule has 0 aliphatic rings. The highest BCUT2D eigenvalue weighted by atomic mass is 15.3. The number of rotatable bonds is 65. The second-order valence-corrected chi connectivity index (χ2v) is 24.4. The molecule has 0 spiro atoms. The van der Waals surface area contributed by atoms with E-state index in [0.717, 1.165) is 0 Å². The first-order chi connectivity index (χ1) is 34.7. The minimum Gasteiger partial charge on any atom is -0.324 e. The summed E-state index contributed by atoms with van der Waals surface area (Å²) in [6, 6.07) is 0. The quantitative estimate of drug-likeness (QED) is 0.0421. The zero-order chi connectivity index (χ0) is 50.5. The van der Waals surface area contributed by atoms with E-state index in [9.17, 15) is 0 Å². The number of quaternary nitrogens is 1. The van der Waals surface area contributed by atoms with Gasteiger partial charge in [0.2, 0.25) is 0 Å². The van der Waals surface area contributed by atoms with Crippen molar-refractivity contribution in [1.82, 2.24) is 0 Å². The van der Waals surface area contributed by atoms with E-state index in [1.165, 1.54) is 422 Å². The molecule has 0 atom stereocenters. The summed E-state index contributed by atoms with van der Waals surface area (Å²) in [4.78, 5) is 0. The first kappa shape index (κ1) is 70.0. The van der Waals surface area contributed by atoms with Gasteiger partial charge in [-0.2, -0.15) is 0 Å². The Morgan fingerprint density at radius 3 is 0.300 bits per heavy atom. The molecule has 0 fully saturated rings. The van der Waals surface area contributed by atoms with Crippen LogP contribution in [0.1, 0.15) is 419 Å². The van der Waals surface area contributed by atoms with Crippen molar-refractivity contribution in [3.63, 3.8) is 0 Å². The maximum Gasteiger partial charge on any atom is 0.0786 e. The maximum atomic E-state index is 2.34. The molecule has 1 heteroatoms. The molecule has 0 rings (SSSR count). The minimum absolute atomic E-state index is 1.37. The molecule has 0 aromatic carbocycles. The molecule has 0 saturated heterocycles. The maximum absolute atomic E-state index is 2.34. The molecule has 70 heavy (non-hydrogen) atoms. The Morgan fingerprint density at radius 2 is 0.200 bits per heavy atom. The van der Waals surface area contributed by atoms with E-state index in [4.69, 9.17) is 0 Å². The number of unbranched alkanes of at least 4 members (excludes halogenated alkanes) is 57. The highest BCUT2D eigenvalue weighted by Gasteiger charge is 2.26. The molecule has 1 nitrogen and oxygen atoms in total. The van der Waals surface area contributed by atoms with Gasteiger partial charge in [0.05, 0.1) is 26.2 Å². The third-order valence-electron chi connectivity index (χ3n) is 17.2. The molecule has 0 aliphatic carbocycles. The van der Waals surface area contributed by atoms with Crippen LogP contribution in [0.5, 0.6) is 0 Å². The molecule has 0 aromatic heterocycles. The summed E-state index contributed by atoms with van der Waals surface area (Å²) in [7, 11) is 0. The lowest BCUT2D eigenvalue weighted by Gasteiger charge is -2.40. The van der Waals surface area contributed by atoms with Crippen LogP contribution in [-0.4, -0.2) is 30.7 Å². The van der Waals surface area contributed by atoms with Gasteiger partial charge in [0, 0.05) is 0 Å². The molecule has 0 heterocycles. The van der Waals surface area contributed by atoms with Crippen molar-refractivity contribution >= 4 is 0 Å². The van der Waals surface area contributed by atoms with Crippen molar-refractivity contribution in [2.45, 2.75) is 419 Å². The lowest BCUT2D eigenvalue weighted by Crippen LogP contribution is -2.50. The molecule has 0 amide bonds. The Balaban J connectivity index is 4.93. The first-order valence-electron chi connectivity index (χ1n) is 34.6. The van der Waals surface area contributed by atoms with Crippen LogP contribution in [0.3, 0.4) is 0 Å². The van der Waals surface area contributed by atoms with Gasteiger partial charge in [-0.05, 0) is 51.4 Å². The molecular formula is C69H142N+. The van der Waals surface area contributed by atoms with E-state index in [0.29, 0.717) is 0 Å². The van der Waals surface area contributed by atoms with Crippen LogP contribution in [0.25, 0.3) is 0 Å². The number of nitrogens with zero attached hydrogens (tertiary/aromatic N) is 1. The van der Waals surface area contributed by atoms with Gasteiger partial charge in [-0.3, -0.25) is 0 Å². The van der Waals surface area contributed by atoms with Crippen LogP contribution in [0.2, 0.25) is 0 Å². The standard InChI is InChI=1S/C69H142N/c1-5-9-13-17-21-25-29-33-36-39-43-47-51-55-59-63-67-70(66-62-58-54-50-46-42-32-28-24-20-16-12-8-4,68-64-60-56-52-48-44-40-37-34-30-26-22-18-14-10-6-2)69-65-61-57-53-49-45-41-38-35-31-27-23-19-15-11-7-3/h5-69H2,1-4H3/q+1. The molecule has 0 unspecified atom stereocenters. The van der Waals surface area contributed by atoms with Crippen LogP contribution in [0.4, 0.5) is 0 Å². The average molecular weight is 986 g/mol. The zero-order valence-electron chi connectivity index (χ0n) is 50.4. The van der Waals surface area contributed by atoms with E-state index in [2.05, 4.69) is 27.7 Å². The van der Waals surface area contributed by atoms with E-state index in [1.54, 1.807) is 0 Å². The second kappa shape index (κ2) is 63.3. The van der Waals surface area contributed by atoms with Crippen molar-refractivity contribution < 1.29 is 4.48 Å². The van der Waals surface area contributed by atoms with Gasteiger partial charge in [-0.15, -0.1) is 0 Å². The van der Waals surface area contributed by atoms with E-state index < -0.39 is 0 Å². The molecule has 422 valence electrons. The van der Waals surface area contributed by atoms with Gasteiger partial charge in [0.1, 0.15) is 0 Å². The summed E-state index contributed by atoms with van der Waals surface area (Å²) in [5.41, 5.74) is 0. The summed E-state index contributed by atoms with van der Waals surface area (Å²) in [5.74, 6) is 0. The highest BCUT2D eigenvalue weighted by molar-refractivity contribution is 4.58. The van der Waals surface area contributed by atoms with Crippen LogP contribution in [0.15, 0.2) is 0 Å². The molecule has 0 N–H and O–H groups in total. The Labute approximate surface area is 448 Å². The van der Waals surface area contributed by atoms with Crippen LogP contribution in [0, 0.1) is 0 Å². The summed E-state index contributed by atoms with van der Waals surface area (Å²) in [5, 5.41) is 0. The highest BCUT2D eigenvalue weighted by Crippen LogP contribution is 2.23. The Hall–Kier alpha value is -0.0400. The molecule has 0 bridgehead atoms. The van der Waals surface area contributed by atoms with Crippen molar-refractivity contribution in [3.8, 4) is 0 Å². The SMILES string of the molecule is CCCCCCCCCCCCCCCCCC[N+](CCCCCCCCCCCCCCC)(CCCCCCCCCCCCCCCCCC)CCCCCCCCCCCCCCCCCC. The van der Waals surface area contributed by atoms with E-state index >= 15 is 0 Å². The second-order valence-electron chi connectivity index (χ2n) is 24.4. The van der Waals surface area contributed by atoms with E-state index in [1.807, 2.05) is 0 Å². The number of hydrogen-bond acceptors (Lipinski definition) is 0.